The van der Waals surface area contributed by atoms with E-state index in [0.717, 1.165) is 0 Å². The summed E-state index contributed by atoms with van der Waals surface area (Å²) < 4.78 is 4.95. The quantitative estimate of drug-likeness (QED) is 0.594. The Hall–Kier alpha value is -0.380. The van der Waals surface area contributed by atoms with Crippen molar-refractivity contribution in [3.8, 4) is 0 Å². The van der Waals surface area contributed by atoms with Crippen LogP contribution in [0.2, 0.25) is 0 Å². The van der Waals surface area contributed by atoms with Crippen LogP contribution in [0.15, 0.2) is 13.2 Å². The lowest BCUT2D eigenvalue weighted by molar-refractivity contribution is -0.0177. The molecule has 0 bridgehead atoms. The number of rotatable bonds is 4. The molecule has 0 aromatic heterocycles. The monoisotopic (exact) mass is 162 g/mol. The van der Waals surface area contributed by atoms with Gasteiger partial charge in [-0.05, 0) is 13.8 Å². The Labute approximate surface area is 68.3 Å². The first-order valence-corrected chi connectivity index (χ1v) is 3.57. The Morgan fingerprint density at radius 1 is 1.36 bits per heavy atom. The molecule has 0 saturated carbocycles. The van der Waals surface area contributed by atoms with Gasteiger partial charge in [0.15, 0.2) is 0 Å². The van der Waals surface area contributed by atoms with Gasteiger partial charge in [-0.15, -0.1) is 13.2 Å². The van der Waals surface area contributed by atoms with E-state index in [4.69, 9.17) is 14.9 Å². The third-order valence-corrected chi connectivity index (χ3v) is 0.879. The normalized spacial score (nSPS) is 14.5. The topological polar surface area (TPSA) is 49.7 Å². The molecule has 2 N–H and O–H groups in total. The van der Waals surface area contributed by atoms with Crippen LogP contribution in [-0.2, 0) is 4.74 Å². The van der Waals surface area contributed by atoms with Crippen LogP contribution in [-0.4, -0.2) is 35.6 Å². The fourth-order valence-electron chi connectivity index (χ4n) is 0.356. The first-order chi connectivity index (χ1) is 5.16. The lowest BCUT2D eigenvalue weighted by Crippen LogP contribution is -2.19. The van der Waals surface area contributed by atoms with E-state index in [0.29, 0.717) is 6.61 Å². The van der Waals surface area contributed by atoms with Gasteiger partial charge in [0, 0.05) is 0 Å². The minimum atomic E-state index is -0.445. The molecule has 0 aliphatic rings. The first-order valence-electron chi connectivity index (χ1n) is 3.57. The summed E-state index contributed by atoms with van der Waals surface area (Å²) in [7, 11) is 0. The summed E-state index contributed by atoms with van der Waals surface area (Å²) in [5.41, 5.74) is 0. The summed E-state index contributed by atoms with van der Waals surface area (Å²) in [6, 6.07) is 0. The van der Waals surface area contributed by atoms with Crippen LogP contribution in [0.4, 0.5) is 0 Å². The zero-order chi connectivity index (χ0) is 9.28. The van der Waals surface area contributed by atoms with Crippen molar-refractivity contribution in [3.63, 3.8) is 0 Å². The van der Waals surface area contributed by atoms with E-state index in [1.54, 1.807) is 13.8 Å². The highest BCUT2D eigenvalue weighted by Gasteiger charge is 2.00. The molecule has 68 valence electrons. The second-order valence-corrected chi connectivity index (χ2v) is 2.18. The summed E-state index contributed by atoms with van der Waals surface area (Å²) in [5.74, 6) is 0. The minimum Gasteiger partial charge on any atom is -0.394 e. The van der Waals surface area contributed by atoms with Crippen LogP contribution in [0.5, 0.6) is 0 Å². The van der Waals surface area contributed by atoms with Crippen LogP contribution in [0.1, 0.15) is 13.8 Å². The Bertz CT molecular complexity index is 73.7. The van der Waals surface area contributed by atoms with E-state index >= 15 is 0 Å². The average Bonchev–Trinajstić information content (AvgIpc) is 2.04. The molecule has 0 heterocycles. The first kappa shape index (κ1) is 13.2. The largest absolute Gasteiger partial charge is 0.394 e. The van der Waals surface area contributed by atoms with Gasteiger partial charge >= 0.3 is 0 Å². The third kappa shape index (κ3) is 12.7. The van der Waals surface area contributed by atoms with E-state index < -0.39 is 6.10 Å². The highest BCUT2D eigenvalue weighted by Crippen LogP contribution is 1.90. The van der Waals surface area contributed by atoms with Gasteiger partial charge < -0.3 is 14.9 Å². The zero-order valence-corrected chi connectivity index (χ0v) is 7.29. The standard InChI is InChI=1S/C6H14O3.C2H4/c1-5(8)4-9-6(2)3-7;1-2/h5-8H,3-4H2,1-2H3;1-2H2. The van der Waals surface area contributed by atoms with Crippen molar-refractivity contribution in [2.45, 2.75) is 26.1 Å². The number of ether oxygens (including phenoxy) is 1. The van der Waals surface area contributed by atoms with Crippen molar-refractivity contribution >= 4 is 0 Å². The van der Waals surface area contributed by atoms with E-state index in [9.17, 15) is 0 Å². The Balaban J connectivity index is 0. The summed E-state index contributed by atoms with van der Waals surface area (Å²) in [6.07, 6.45) is -0.612. The molecule has 0 aromatic rings. The van der Waals surface area contributed by atoms with Crippen molar-refractivity contribution in [2.24, 2.45) is 0 Å². The molecule has 2 unspecified atom stereocenters. The second-order valence-electron chi connectivity index (χ2n) is 2.18. The molecular formula is C8H18O3. The minimum absolute atomic E-state index is 0.00667. The fourth-order valence-corrected chi connectivity index (χ4v) is 0.356. The molecule has 0 fully saturated rings. The van der Waals surface area contributed by atoms with Gasteiger partial charge in [0.1, 0.15) is 0 Å². The summed E-state index contributed by atoms with van der Waals surface area (Å²) in [6.45, 7) is 9.70. The smallest absolute Gasteiger partial charge is 0.0779 e. The number of hydrogen-bond donors (Lipinski definition) is 2. The molecule has 0 rings (SSSR count). The van der Waals surface area contributed by atoms with Crippen LogP contribution in [0, 0.1) is 0 Å². The predicted octanol–water partition coefficient (Wildman–Crippen LogP) is 0.567. The molecule has 0 aliphatic carbocycles. The highest BCUT2D eigenvalue weighted by molar-refractivity contribution is 4.47. The van der Waals surface area contributed by atoms with Crippen molar-refractivity contribution in [1.29, 1.82) is 0 Å². The summed E-state index contributed by atoms with van der Waals surface area (Å²) in [5, 5.41) is 17.1. The van der Waals surface area contributed by atoms with E-state index in [-0.39, 0.29) is 12.7 Å². The van der Waals surface area contributed by atoms with Crippen LogP contribution < -0.4 is 0 Å². The Kier molecular flexibility index (Phi) is 11.6. The van der Waals surface area contributed by atoms with Crippen LogP contribution in [0.3, 0.4) is 0 Å². The lowest BCUT2D eigenvalue weighted by atomic mass is 10.4. The molecule has 3 nitrogen and oxygen atoms in total. The van der Waals surface area contributed by atoms with E-state index in [1.807, 2.05) is 0 Å². The highest BCUT2D eigenvalue weighted by atomic mass is 16.5. The summed E-state index contributed by atoms with van der Waals surface area (Å²) >= 11 is 0. The van der Waals surface area contributed by atoms with E-state index in [2.05, 4.69) is 13.2 Å². The molecule has 0 saturated heterocycles. The van der Waals surface area contributed by atoms with Gasteiger partial charge in [0.2, 0.25) is 0 Å². The van der Waals surface area contributed by atoms with Crippen molar-refractivity contribution in [3.05, 3.63) is 13.2 Å². The van der Waals surface area contributed by atoms with Gasteiger partial charge in [-0.25, -0.2) is 0 Å². The van der Waals surface area contributed by atoms with Crippen molar-refractivity contribution in [1.82, 2.24) is 0 Å². The lowest BCUT2D eigenvalue weighted by Gasteiger charge is -2.10. The van der Waals surface area contributed by atoms with Crippen LogP contribution >= 0.6 is 0 Å². The maximum Gasteiger partial charge on any atom is 0.0779 e. The van der Waals surface area contributed by atoms with Crippen molar-refractivity contribution < 1.29 is 14.9 Å². The molecule has 3 heteroatoms. The fraction of sp³-hybridized carbons (Fsp3) is 0.750. The van der Waals surface area contributed by atoms with E-state index in [1.165, 1.54) is 0 Å². The average molecular weight is 162 g/mol. The van der Waals surface area contributed by atoms with Gasteiger partial charge in [-0.3, -0.25) is 0 Å². The molecule has 11 heavy (non-hydrogen) atoms. The summed E-state index contributed by atoms with van der Waals surface area (Å²) in [4.78, 5) is 0. The SMILES string of the molecule is C=C.CC(O)COC(C)CO. The maximum absolute atomic E-state index is 8.69. The molecule has 0 spiro atoms. The van der Waals surface area contributed by atoms with Gasteiger partial charge in [0.25, 0.3) is 0 Å². The Morgan fingerprint density at radius 3 is 2.09 bits per heavy atom. The van der Waals surface area contributed by atoms with Crippen molar-refractivity contribution in [2.75, 3.05) is 13.2 Å². The predicted molar refractivity (Wildman–Crippen MR) is 45.4 cm³/mol. The molecular weight excluding hydrogens is 144 g/mol. The third-order valence-electron chi connectivity index (χ3n) is 0.879. The molecule has 0 aliphatic heterocycles. The molecule has 0 amide bonds. The number of aliphatic hydroxyl groups is 2. The van der Waals surface area contributed by atoms with Gasteiger partial charge in [-0.2, -0.15) is 0 Å². The van der Waals surface area contributed by atoms with Gasteiger partial charge in [0.05, 0.1) is 25.4 Å². The number of aliphatic hydroxyl groups excluding tert-OH is 2. The Morgan fingerprint density at radius 2 is 1.82 bits per heavy atom. The molecule has 0 radical (unpaired) electrons. The zero-order valence-electron chi connectivity index (χ0n) is 7.29. The second kappa shape index (κ2) is 9.62. The molecule has 0 aromatic carbocycles. The maximum atomic E-state index is 8.69. The molecule has 2 atom stereocenters. The number of hydrogen-bond acceptors (Lipinski definition) is 3. The van der Waals surface area contributed by atoms with Gasteiger partial charge in [-0.1, -0.05) is 0 Å². The van der Waals surface area contributed by atoms with Crippen LogP contribution in [0.25, 0.3) is 0 Å².